The van der Waals surface area contributed by atoms with Gasteiger partial charge >= 0.3 is 0 Å². The van der Waals surface area contributed by atoms with E-state index >= 15 is 0 Å². The Morgan fingerprint density at radius 1 is 1.33 bits per heavy atom. The standard InChI is InChI=1S/C17H27NO3/c1-18-17(14-19,15-7-3-2-4-8-15)10-12-20-13-16-9-5-6-11-21-16/h2-4,7-8,16,18-19H,5-6,9-14H2,1H3. The van der Waals surface area contributed by atoms with Crippen molar-refractivity contribution in [3.05, 3.63) is 35.9 Å². The molecular weight excluding hydrogens is 266 g/mol. The Hall–Kier alpha value is -0.940. The van der Waals surface area contributed by atoms with Crippen LogP contribution in [-0.2, 0) is 15.0 Å². The molecule has 1 aliphatic rings. The van der Waals surface area contributed by atoms with Crippen LogP contribution in [0.1, 0.15) is 31.2 Å². The molecule has 1 heterocycles. The van der Waals surface area contributed by atoms with Crippen molar-refractivity contribution in [2.75, 3.05) is 33.5 Å². The number of likely N-dealkylation sites (N-methyl/N-ethyl adjacent to an activating group) is 1. The van der Waals surface area contributed by atoms with Crippen molar-refractivity contribution >= 4 is 0 Å². The quantitative estimate of drug-likeness (QED) is 0.721. The molecule has 118 valence electrons. The van der Waals surface area contributed by atoms with Gasteiger partial charge in [0.2, 0.25) is 0 Å². The summed E-state index contributed by atoms with van der Waals surface area (Å²) >= 11 is 0. The van der Waals surface area contributed by atoms with Gasteiger partial charge in [-0.1, -0.05) is 30.3 Å². The molecule has 2 atom stereocenters. The number of rotatable bonds is 8. The van der Waals surface area contributed by atoms with Crippen molar-refractivity contribution in [1.29, 1.82) is 0 Å². The smallest absolute Gasteiger partial charge is 0.0808 e. The van der Waals surface area contributed by atoms with Crippen molar-refractivity contribution < 1.29 is 14.6 Å². The number of hydrogen-bond acceptors (Lipinski definition) is 4. The summed E-state index contributed by atoms with van der Waals surface area (Å²) in [4.78, 5) is 0. The summed E-state index contributed by atoms with van der Waals surface area (Å²) in [6.45, 7) is 2.17. The molecule has 0 saturated carbocycles. The summed E-state index contributed by atoms with van der Waals surface area (Å²) in [5, 5.41) is 13.1. The van der Waals surface area contributed by atoms with Crippen molar-refractivity contribution in [2.24, 2.45) is 0 Å². The number of benzene rings is 1. The van der Waals surface area contributed by atoms with Gasteiger partial charge in [0.25, 0.3) is 0 Å². The van der Waals surface area contributed by atoms with Crippen LogP contribution in [0.15, 0.2) is 30.3 Å². The Morgan fingerprint density at radius 2 is 2.14 bits per heavy atom. The van der Waals surface area contributed by atoms with Gasteiger partial charge in [0.15, 0.2) is 0 Å². The maximum Gasteiger partial charge on any atom is 0.0808 e. The zero-order valence-electron chi connectivity index (χ0n) is 12.9. The van der Waals surface area contributed by atoms with Crippen molar-refractivity contribution in [2.45, 2.75) is 37.3 Å². The minimum atomic E-state index is -0.436. The first kappa shape index (κ1) is 16.4. The number of aliphatic hydroxyl groups excluding tert-OH is 1. The molecule has 4 nitrogen and oxygen atoms in total. The van der Waals surface area contributed by atoms with Crippen LogP contribution < -0.4 is 5.32 Å². The third-order valence-electron chi connectivity index (χ3n) is 4.33. The van der Waals surface area contributed by atoms with Crippen molar-refractivity contribution in [3.8, 4) is 0 Å². The monoisotopic (exact) mass is 293 g/mol. The van der Waals surface area contributed by atoms with Gasteiger partial charge in [0.05, 0.1) is 24.9 Å². The molecular formula is C17H27NO3. The normalized spacial score (nSPS) is 21.9. The van der Waals surface area contributed by atoms with Crippen LogP contribution in [0.3, 0.4) is 0 Å². The molecule has 0 aromatic heterocycles. The van der Waals surface area contributed by atoms with E-state index in [0.29, 0.717) is 13.2 Å². The number of aliphatic hydroxyl groups is 1. The number of hydrogen-bond donors (Lipinski definition) is 2. The largest absolute Gasteiger partial charge is 0.394 e. The van der Waals surface area contributed by atoms with E-state index in [1.165, 1.54) is 6.42 Å². The lowest BCUT2D eigenvalue weighted by Crippen LogP contribution is -2.44. The van der Waals surface area contributed by atoms with Gasteiger partial charge in [-0.05, 0) is 38.3 Å². The summed E-state index contributed by atoms with van der Waals surface area (Å²) in [5.41, 5.74) is 0.654. The SMILES string of the molecule is CNC(CO)(CCOCC1CCCCO1)c1ccccc1. The second-order valence-electron chi connectivity index (χ2n) is 5.67. The highest BCUT2D eigenvalue weighted by atomic mass is 16.5. The minimum Gasteiger partial charge on any atom is -0.394 e. The Labute approximate surface area is 127 Å². The lowest BCUT2D eigenvalue weighted by molar-refractivity contribution is -0.0451. The molecule has 2 unspecified atom stereocenters. The summed E-state index contributed by atoms with van der Waals surface area (Å²) < 4.78 is 11.4. The second-order valence-corrected chi connectivity index (χ2v) is 5.67. The minimum absolute atomic E-state index is 0.0524. The van der Waals surface area contributed by atoms with E-state index < -0.39 is 5.54 Å². The molecule has 4 heteroatoms. The summed E-state index contributed by atoms with van der Waals surface area (Å²) in [5.74, 6) is 0. The molecule has 0 amide bonds. The molecule has 1 fully saturated rings. The van der Waals surface area contributed by atoms with E-state index in [4.69, 9.17) is 9.47 Å². The molecule has 1 aromatic carbocycles. The Morgan fingerprint density at radius 3 is 2.76 bits per heavy atom. The maximum atomic E-state index is 9.84. The first-order valence-electron chi connectivity index (χ1n) is 7.85. The van der Waals surface area contributed by atoms with Crippen molar-refractivity contribution in [3.63, 3.8) is 0 Å². The lowest BCUT2D eigenvalue weighted by Gasteiger charge is -2.32. The predicted molar refractivity (Wildman–Crippen MR) is 83.3 cm³/mol. The molecule has 1 aliphatic heterocycles. The third kappa shape index (κ3) is 4.51. The Kier molecular flexibility index (Phi) is 6.64. The topological polar surface area (TPSA) is 50.7 Å². The van der Waals surface area contributed by atoms with Crippen LogP contribution in [-0.4, -0.2) is 44.7 Å². The molecule has 0 spiro atoms. The molecule has 2 N–H and O–H groups in total. The van der Waals surface area contributed by atoms with Crippen LogP contribution in [0.25, 0.3) is 0 Å². The maximum absolute atomic E-state index is 9.84. The van der Waals surface area contributed by atoms with Gasteiger partial charge in [0, 0.05) is 13.2 Å². The van der Waals surface area contributed by atoms with Gasteiger partial charge in [-0.15, -0.1) is 0 Å². The third-order valence-corrected chi connectivity index (χ3v) is 4.33. The lowest BCUT2D eigenvalue weighted by atomic mass is 9.88. The van der Waals surface area contributed by atoms with Gasteiger partial charge in [-0.25, -0.2) is 0 Å². The first-order chi connectivity index (χ1) is 10.3. The van der Waals surface area contributed by atoms with Crippen molar-refractivity contribution in [1.82, 2.24) is 5.32 Å². The average Bonchev–Trinajstić information content (AvgIpc) is 2.57. The Bertz CT molecular complexity index is 386. The van der Waals surface area contributed by atoms with Gasteiger partial charge in [-0.3, -0.25) is 0 Å². The van der Waals surface area contributed by atoms with Gasteiger partial charge in [0.1, 0.15) is 0 Å². The molecule has 1 saturated heterocycles. The number of ether oxygens (including phenoxy) is 2. The zero-order valence-corrected chi connectivity index (χ0v) is 12.9. The number of nitrogens with one attached hydrogen (secondary N) is 1. The average molecular weight is 293 g/mol. The predicted octanol–water partition coefficient (Wildman–Crippen LogP) is 2.07. The van der Waals surface area contributed by atoms with E-state index in [1.54, 1.807) is 0 Å². The van der Waals surface area contributed by atoms with Crippen LogP contribution in [0.4, 0.5) is 0 Å². The highest BCUT2D eigenvalue weighted by Crippen LogP contribution is 2.24. The van der Waals surface area contributed by atoms with E-state index in [1.807, 2.05) is 37.4 Å². The molecule has 21 heavy (non-hydrogen) atoms. The van der Waals surface area contributed by atoms with Gasteiger partial charge in [-0.2, -0.15) is 0 Å². The highest BCUT2D eigenvalue weighted by Gasteiger charge is 2.29. The first-order valence-corrected chi connectivity index (χ1v) is 7.85. The molecule has 1 aromatic rings. The Balaban J connectivity index is 1.82. The molecule has 0 radical (unpaired) electrons. The zero-order chi connectivity index (χ0) is 15.0. The fourth-order valence-corrected chi connectivity index (χ4v) is 2.82. The fourth-order valence-electron chi connectivity index (χ4n) is 2.82. The van der Waals surface area contributed by atoms with Crippen LogP contribution >= 0.6 is 0 Å². The molecule has 0 bridgehead atoms. The summed E-state index contributed by atoms with van der Waals surface area (Å²) in [6.07, 6.45) is 4.47. The van der Waals surface area contributed by atoms with E-state index in [2.05, 4.69) is 5.32 Å². The van der Waals surface area contributed by atoms with Crippen LogP contribution in [0.5, 0.6) is 0 Å². The molecule has 0 aliphatic carbocycles. The second kappa shape index (κ2) is 8.49. The van der Waals surface area contributed by atoms with E-state index in [9.17, 15) is 5.11 Å². The highest BCUT2D eigenvalue weighted by molar-refractivity contribution is 5.24. The summed E-state index contributed by atoms with van der Waals surface area (Å²) in [7, 11) is 1.88. The summed E-state index contributed by atoms with van der Waals surface area (Å²) in [6, 6.07) is 10.0. The van der Waals surface area contributed by atoms with E-state index in [-0.39, 0.29) is 12.7 Å². The van der Waals surface area contributed by atoms with Crippen LogP contribution in [0, 0.1) is 0 Å². The fraction of sp³-hybridized carbons (Fsp3) is 0.647. The van der Waals surface area contributed by atoms with E-state index in [0.717, 1.165) is 31.4 Å². The van der Waals surface area contributed by atoms with Gasteiger partial charge < -0.3 is 19.9 Å². The molecule has 2 rings (SSSR count). The van der Waals surface area contributed by atoms with Crippen LogP contribution in [0.2, 0.25) is 0 Å².